The quantitative estimate of drug-likeness (QED) is 0.228. The average Bonchev–Trinajstić information content (AvgIpc) is 2.50. The van der Waals surface area contributed by atoms with Gasteiger partial charge in [0.05, 0.1) is 16.4 Å². The van der Waals surface area contributed by atoms with Crippen molar-refractivity contribution in [1.82, 2.24) is 0 Å². The largest absolute Gasteiger partial charge is 0.395 e. The molecule has 0 bridgehead atoms. The van der Waals surface area contributed by atoms with Crippen LogP contribution in [-0.4, -0.2) is 32.6 Å². The van der Waals surface area contributed by atoms with Crippen LogP contribution in [0.4, 0.5) is 0 Å². The summed E-state index contributed by atoms with van der Waals surface area (Å²) in [6.45, 7) is 8.03. The maximum Gasteiger partial charge on any atom is 0.323 e. The molecule has 0 aliphatic heterocycles. The van der Waals surface area contributed by atoms with Crippen molar-refractivity contribution in [2.24, 2.45) is 0 Å². The number of aromatic nitrogens is 1. The van der Waals surface area contributed by atoms with Crippen molar-refractivity contribution in [3.8, 4) is 11.8 Å². The van der Waals surface area contributed by atoms with Gasteiger partial charge in [-0.15, -0.1) is 0 Å². The molecule has 4 N–H and O–H groups in total. The van der Waals surface area contributed by atoms with Crippen molar-refractivity contribution in [3.05, 3.63) is 28.0 Å². The van der Waals surface area contributed by atoms with Gasteiger partial charge in [-0.3, -0.25) is 0 Å². The molecule has 1 rings (SSSR count). The van der Waals surface area contributed by atoms with Gasteiger partial charge in [0.25, 0.3) is 5.69 Å². The van der Waals surface area contributed by atoms with Crippen molar-refractivity contribution in [3.63, 3.8) is 0 Å². The SMILES string of the molecule is C=S(C)(=O)O.CC.CC.N[n+]1c(C#CCCO)ccc(Cl)c1Cl. The van der Waals surface area contributed by atoms with Crippen molar-refractivity contribution in [1.29, 1.82) is 0 Å². The first kappa shape index (κ1) is 26.9. The molecule has 0 aliphatic carbocycles. The second-order valence-electron chi connectivity index (χ2n) is 3.46. The van der Waals surface area contributed by atoms with Crippen LogP contribution in [0.1, 0.15) is 39.8 Å². The van der Waals surface area contributed by atoms with E-state index in [0.29, 0.717) is 17.1 Å². The molecule has 1 aromatic rings. The zero-order chi connectivity index (χ0) is 19.1. The lowest BCUT2D eigenvalue weighted by Gasteiger charge is -1.94. The Bertz CT molecular complexity index is 587. The van der Waals surface area contributed by atoms with E-state index >= 15 is 0 Å². The molecule has 0 aliphatic rings. The maximum atomic E-state index is 9.63. The summed E-state index contributed by atoms with van der Waals surface area (Å²) < 4.78 is 18.8. The minimum absolute atomic E-state index is 0.0267. The van der Waals surface area contributed by atoms with Gasteiger partial charge in [-0.1, -0.05) is 49.9 Å². The van der Waals surface area contributed by atoms with E-state index in [4.69, 9.17) is 38.7 Å². The fraction of sp³-hybridized carbons (Fsp3) is 0.467. The Kier molecular flexibility index (Phi) is 18.6. The van der Waals surface area contributed by atoms with Gasteiger partial charge in [0.2, 0.25) is 0 Å². The van der Waals surface area contributed by atoms with E-state index in [1.54, 1.807) is 12.1 Å². The highest BCUT2D eigenvalue weighted by molar-refractivity contribution is 7.94. The molecule has 23 heavy (non-hydrogen) atoms. The first-order valence-electron chi connectivity index (χ1n) is 6.96. The lowest BCUT2D eigenvalue weighted by Crippen LogP contribution is -2.48. The summed E-state index contributed by atoms with van der Waals surface area (Å²) in [6, 6.07) is 3.29. The van der Waals surface area contributed by atoms with Crippen LogP contribution < -0.4 is 10.5 Å². The first-order valence-corrected chi connectivity index (χ1v) is 9.81. The molecule has 1 unspecified atom stereocenters. The standard InChI is InChI=1S/C9H9Cl2N2O.C2H6O2S.2C2H6/c10-8-5-4-7(3-1-2-6-14)13(12)9(8)11;1-5(2,3)4;2*1-2/h4-5,14H,2,6,12H2;1H2,2H3,(H,3,4);2*1-2H3/q+1;;;. The molecule has 1 aromatic heterocycles. The monoisotopic (exact) mass is 385 g/mol. The van der Waals surface area contributed by atoms with Gasteiger partial charge in [-0.05, 0) is 23.5 Å². The van der Waals surface area contributed by atoms with Gasteiger partial charge in [-0.25, -0.2) is 10.1 Å². The third kappa shape index (κ3) is 17.2. The molecule has 5 nitrogen and oxygen atoms in total. The summed E-state index contributed by atoms with van der Waals surface area (Å²) in [5.41, 5.74) is 0.549. The second-order valence-corrected chi connectivity index (χ2v) is 6.15. The number of nitrogens with zero attached hydrogens (tertiary/aromatic N) is 1. The number of rotatable bonds is 1. The smallest absolute Gasteiger partial charge is 0.323 e. The van der Waals surface area contributed by atoms with Crippen molar-refractivity contribution >= 4 is 38.9 Å². The highest BCUT2D eigenvalue weighted by atomic mass is 35.5. The zero-order valence-electron chi connectivity index (χ0n) is 14.3. The van der Waals surface area contributed by atoms with E-state index in [-0.39, 0.29) is 11.8 Å². The van der Waals surface area contributed by atoms with Crippen LogP contribution in [0.25, 0.3) is 0 Å². The Hall–Kier alpha value is -0.970. The molecule has 0 saturated carbocycles. The van der Waals surface area contributed by atoms with Crippen LogP contribution in [0.5, 0.6) is 0 Å². The van der Waals surface area contributed by atoms with Crippen LogP contribution in [0.3, 0.4) is 0 Å². The fourth-order valence-corrected chi connectivity index (χ4v) is 1.14. The molecule has 134 valence electrons. The lowest BCUT2D eigenvalue weighted by atomic mass is 10.3. The molecule has 0 spiro atoms. The van der Waals surface area contributed by atoms with Crippen LogP contribution >= 0.6 is 23.2 Å². The van der Waals surface area contributed by atoms with Gasteiger partial charge in [-0.2, -0.15) is 0 Å². The summed E-state index contributed by atoms with van der Waals surface area (Å²) in [5, 5.41) is 9.14. The lowest BCUT2D eigenvalue weighted by molar-refractivity contribution is -0.639. The van der Waals surface area contributed by atoms with Crippen molar-refractivity contribution in [2.45, 2.75) is 34.1 Å². The van der Waals surface area contributed by atoms with E-state index < -0.39 is 9.80 Å². The Morgan fingerprint density at radius 1 is 1.30 bits per heavy atom. The van der Waals surface area contributed by atoms with E-state index in [2.05, 4.69) is 17.7 Å². The molecule has 1 heterocycles. The number of halogens is 2. The molecule has 0 radical (unpaired) electrons. The van der Waals surface area contributed by atoms with Gasteiger partial charge in [0.1, 0.15) is 5.02 Å². The minimum Gasteiger partial charge on any atom is -0.395 e. The van der Waals surface area contributed by atoms with Crippen LogP contribution in [0.15, 0.2) is 12.1 Å². The average molecular weight is 386 g/mol. The molecular formula is C15H27Cl2N2O3S+. The first-order chi connectivity index (χ1) is 10.7. The number of pyridine rings is 1. The summed E-state index contributed by atoms with van der Waals surface area (Å²) in [7, 11) is -2.67. The van der Waals surface area contributed by atoms with Crippen LogP contribution in [0, 0.1) is 11.8 Å². The number of aliphatic hydroxyl groups is 1. The predicted octanol–water partition coefficient (Wildman–Crippen LogP) is 2.59. The molecule has 8 heteroatoms. The van der Waals surface area contributed by atoms with Gasteiger partial charge < -0.3 is 9.66 Å². The third-order valence-corrected chi connectivity index (χ3v) is 2.30. The highest BCUT2D eigenvalue weighted by Gasteiger charge is 2.14. The Morgan fingerprint density at radius 2 is 1.74 bits per heavy atom. The summed E-state index contributed by atoms with van der Waals surface area (Å²) in [4.78, 5) is 0. The summed E-state index contributed by atoms with van der Waals surface area (Å²) >= 11 is 11.5. The van der Waals surface area contributed by atoms with E-state index in [1.165, 1.54) is 4.68 Å². The van der Waals surface area contributed by atoms with Gasteiger partial charge in [0, 0.05) is 24.7 Å². The van der Waals surface area contributed by atoms with Gasteiger partial charge in [0.15, 0.2) is 0 Å². The molecule has 0 amide bonds. The van der Waals surface area contributed by atoms with Gasteiger partial charge >= 0.3 is 5.15 Å². The van der Waals surface area contributed by atoms with Crippen LogP contribution in [-0.2, 0) is 9.80 Å². The number of nitrogen functional groups attached to an aromatic ring is 1. The number of hydrogen-bond acceptors (Lipinski definition) is 3. The molecule has 1 atom stereocenters. The molecule has 0 fully saturated rings. The molecule has 0 saturated heterocycles. The number of aliphatic hydroxyl groups excluding tert-OH is 1. The summed E-state index contributed by atoms with van der Waals surface area (Å²) in [6.07, 6.45) is 1.56. The second kappa shape index (κ2) is 15.9. The van der Waals surface area contributed by atoms with Crippen LogP contribution in [0.2, 0.25) is 10.2 Å². The normalized spacial score (nSPS) is 10.8. The van der Waals surface area contributed by atoms with Crippen molar-refractivity contribution in [2.75, 3.05) is 18.7 Å². The molecular weight excluding hydrogens is 359 g/mol. The van der Waals surface area contributed by atoms with E-state index in [9.17, 15) is 4.21 Å². The maximum absolute atomic E-state index is 9.63. The molecule has 0 aromatic carbocycles. The Labute approximate surface area is 150 Å². The highest BCUT2D eigenvalue weighted by Crippen LogP contribution is 2.16. The Morgan fingerprint density at radius 3 is 2.13 bits per heavy atom. The number of hydrogen-bond donors (Lipinski definition) is 3. The van der Waals surface area contributed by atoms with Crippen molar-refractivity contribution < 1.29 is 18.5 Å². The zero-order valence-corrected chi connectivity index (χ0v) is 16.6. The minimum atomic E-state index is -2.67. The van der Waals surface area contributed by atoms with E-state index in [1.807, 2.05) is 27.7 Å². The Balaban J connectivity index is -0.000000375. The summed E-state index contributed by atoms with van der Waals surface area (Å²) in [5.74, 6) is 14.0. The van der Waals surface area contributed by atoms with E-state index in [0.717, 1.165) is 6.26 Å². The third-order valence-electron chi connectivity index (χ3n) is 1.51. The topological polar surface area (TPSA) is 87.4 Å². The fourth-order valence-electron chi connectivity index (χ4n) is 0.833. The number of nitrogens with two attached hydrogens (primary N) is 1. The predicted molar refractivity (Wildman–Crippen MR) is 102 cm³/mol.